The number of primary sulfonamides is 1. The third kappa shape index (κ3) is 3.87. The number of hydrogen-bond acceptors (Lipinski definition) is 6. The first kappa shape index (κ1) is 18.7. The van der Waals surface area contributed by atoms with Crippen LogP contribution in [0.2, 0.25) is 0 Å². The molecule has 0 aliphatic heterocycles. The van der Waals surface area contributed by atoms with E-state index >= 15 is 0 Å². The smallest absolute Gasteiger partial charge is 0.326 e. The number of carbonyl (C=O) groups is 2. The van der Waals surface area contributed by atoms with Gasteiger partial charge in [-0.1, -0.05) is 17.8 Å². The second-order valence-corrected chi connectivity index (χ2v) is 8.60. The van der Waals surface area contributed by atoms with Crippen LogP contribution in [0.3, 0.4) is 0 Å². The van der Waals surface area contributed by atoms with Gasteiger partial charge < -0.3 is 9.30 Å². The lowest BCUT2D eigenvalue weighted by Gasteiger charge is -2.20. The number of fused-ring (bicyclic) bond motifs is 1. The van der Waals surface area contributed by atoms with Crippen LogP contribution < -0.4 is 9.94 Å². The molecule has 0 unspecified atom stereocenters. The molecular weight excluding hydrogens is 378 g/mol. The van der Waals surface area contributed by atoms with Crippen LogP contribution in [0.25, 0.3) is 10.2 Å². The highest BCUT2D eigenvalue weighted by molar-refractivity contribution is 7.89. The fraction of sp³-hybridized carbons (Fsp3) is 0.438. The van der Waals surface area contributed by atoms with Gasteiger partial charge in [0.25, 0.3) is 5.91 Å². The molecule has 0 saturated heterocycles. The van der Waals surface area contributed by atoms with Gasteiger partial charge in [0.05, 0.1) is 21.7 Å². The lowest BCUT2D eigenvalue weighted by molar-refractivity contribution is -0.143. The molecule has 0 radical (unpaired) electrons. The average molecular weight is 397 g/mol. The Kier molecular flexibility index (Phi) is 5.26. The SMILES string of the molecule is CCOC(=O)Cn1c(=NC(=O)C2CCC2)sc2cc(S(N)(=O)=O)ccc21. The van der Waals surface area contributed by atoms with Crippen molar-refractivity contribution in [2.24, 2.45) is 16.0 Å². The molecule has 1 amide bonds. The summed E-state index contributed by atoms with van der Waals surface area (Å²) in [6.45, 7) is 1.84. The van der Waals surface area contributed by atoms with E-state index in [4.69, 9.17) is 9.88 Å². The highest BCUT2D eigenvalue weighted by Crippen LogP contribution is 2.27. The Labute approximate surface area is 154 Å². The van der Waals surface area contributed by atoms with Gasteiger partial charge in [0.2, 0.25) is 10.0 Å². The molecule has 1 heterocycles. The first-order chi connectivity index (χ1) is 12.3. The third-order valence-electron chi connectivity index (χ3n) is 4.24. The maximum absolute atomic E-state index is 12.3. The van der Waals surface area contributed by atoms with E-state index in [1.165, 1.54) is 12.1 Å². The van der Waals surface area contributed by atoms with E-state index in [0.29, 0.717) is 15.0 Å². The summed E-state index contributed by atoms with van der Waals surface area (Å²) < 4.78 is 30.3. The lowest BCUT2D eigenvalue weighted by Crippen LogP contribution is -2.26. The molecule has 1 aliphatic rings. The molecule has 2 aromatic rings. The topological polar surface area (TPSA) is 121 Å². The molecule has 10 heteroatoms. The number of ether oxygens (including phenoxy) is 1. The lowest BCUT2D eigenvalue weighted by atomic mass is 9.85. The number of nitrogens with two attached hydrogens (primary N) is 1. The van der Waals surface area contributed by atoms with Crippen molar-refractivity contribution in [3.63, 3.8) is 0 Å². The van der Waals surface area contributed by atoms with Gasteiger partial charge in [-0.15, -0.1) is 0 Å². The summed E-state index contributed by atoms with van der Waals surface area (Å²) in [6.07, 6.45) is 2.65. The predicted octanol–water partition coefficient (Wildman–Crippen LogP) is 1.14. The number of hydrogen-bond donors (Lipinski definition) is 1. The Hall–Kier alpha value is -2.04. The molecule has 0 atom stereocenters. The van der Waals surface area contributed by atoms with Gasteiger partial charge in [-0.25, -0.2) is 13.6 Å². The molecule has 26 heavy (non-hydrogen) atoms. The van der Waals surface area contributed by atoms with E-state index in [1.807, 2.05) is 0 Å². The van der Waals surface area contributed by atoms with Crippen molar-refractivity contribution in [2.75, 3.05) is 6.61 Å². The zero-order chi connectivity index (χ0) is 18.9. The summed E-state index contributed by atoms with van der Waals surface area (Å²) in [6, 6.07) is 4.34. The van der Waals surface area contributed by atoms with Gasteiger partial charge in [0.15, 0.2) is 4.80 Å². The molecule has 1 saturated carbocycles. The number of rotatable bonds is 5. The summed E-state index contributed by atoms with van der Waals surface area (Å²) in [5.74, 6) is -0.747. The number of nitrogens with zero attached hydrogens (tertiary/aromatic N) is 2. The van der Waals surface area contributed by atoms with Crippen molar-refractivity contribution in [1.82, 2.24) is 4.57 Å². The quantitative estimate of drug-likeness (QED) is 0.759. The molecule has 2 N–H and O–H groups in total. The van der Waals surface area contributed by atoms with Gasteiger partial charge in [0.1, 0.15) is 6.54 Å². The predicted molar refractivity (Wildman–Crippen MR) is 95.7 cm³/mol. The van der Waals surface area contributed by atoms with Crippen molar-refractivity contribution in [3.8, 4) is 0 Å². The zero-order valence-corrected chi connectivity index (χ0v) is 15.8. The molecule has 3 rings (SSSR count). The second kappa shape index (κ2) is 7.29. The monoisotopic (exact) mass is 397 g/mol. The van der Waals surface area contributed by atoms with Crippen LogP contribution in [-0.4, -0.2) is 31.5 Å². The van der Waals surface area contributed by atoms with E-state index in [0.717, 1.165) is 30.6 Å². The fourth-order valence-corrected chi connectivity index (χ4v) is 4.33. The van der Waals surface area contributed by atoms with Gasteiger partial charge >= 0.3 is 5.97 Å². The first-order valence-corrected chi connectivity index (χ1v) is 10.6. The number of thiazole rings is 1. The average Bonchev–Trinajstić information content (AvgIpc) is 2.81. The van der Waals surface area contributed by atoms with Gasteiger partial charge in [-0.3, -0.25) is 9.59 Å². The molecule has 140 valence electrons. The third-order valence-corrected chi connectivity index (χ3v) is 6.19. The minimum Gasteiger partial charge on any atom is -0.465 e. The highest BCUT2D eigenvalue weighted by Gasteiger charge is 2.25. The standard InChI is InChI=1S/C16H19N3O5S2/c1-2-24-14(20)9-19-12-7-6-11(26(17,22)23)8-13(12)25-16(19)18-15(21)10-4-3-5-10/h6-8,10H,2-5,9H2,1H3,(H2,17,22,23). The summed E-state index contributed by atoms with van der Waals surface area (Å²) in [7, 11) is -3.85. The minimum absolute atomic E-state index is 0.0357. The second-order valence-electron chi connectivity index (χ2n) is 6.03. The normalized spacial score (nSPS) is 15.8. The van der Waals surface area contributed by atoms with E-state index in [1.54, 1.807) is 17.6 Å². The Morgan fingerprint density at radius 1 is 1.38 bits per heavy atom. The van der Waals surface area contributed by atoms with Crippen LogP contribution in [0.4, 0.5) is 0 Å². The molecular formula is C16H19N3O5S2. The maximum atomic E-state index is 12.3. The van der Waals surface area contributed by atoms with Crippen LogP contribution in [0, 0.1) is 5.92 Å². The van der Waals surface area contributed by atoms with E-state index < -0.39 is 16.0 Å². The zero-order valence-electron chi connectivity index (χ0n) is 14.2. The van der Waals surface area contributed by atoms with Gasteiger partial charge in [0, 0.05) is 5.92 Å². The number of benzene rings is 1. The Bertz CT molecular complexity index is 1030. The Balaban J connectivity index is 2.12. The fourth-order valence-electron chi connectivity index (χ4n) is 2.65. The summed E-state index contributed by atoms with van der Waals surface area (Å²) in [5.41, 5.74) is 0.593. The molecule has 1 fully saturated rings. The van der Waals surface area contributed by atoms with Gasteiger partial charge in [-0.05, 0) is 38.0 Å². The van der Waals surface area contributed by atoms with Crippen LogP contribution in [-0.2, 0) is 30.9 Å². The first-order valence-electron chi connectivity index (χ1n) is 8.20. The van der Waals surface area contributed by atoms with Crippen molar-refractivity contribution in [1.29, 1.82) is 0 Å². The number of esters is 1. The summed E-state index contributed by atoms with van der Waals surface area (Å²) >= 11 is 1.14. The molecule has 1 aromatic heterocycles. The molecule has 0 spiro atoms. The number of aromatic nitrogens is 1. The van der Waals surface area contributed by atoms with Crippen LogP contribution >= 0.6 is 11.3 Å². The van der Waals surface area contributed by atoms with Gasteiger partial charge in [-0.2, -0.15) is 4.99 Å². The minimum atomic E-state index is -3.85. The van der Waals surface area contributed by atoms with Crippen molar-refractivity contribution in [3.05, 3.63) is 23.0 Å². The van der Waals surface area contributed by atoms with E-state index in [9.17, 15) is 18.0 Å². The van der Waals surface area contributed by atoms with Crippen molar-refractivity contribution >= 4 is 43.5 Å². The van der Waals surface area contributed by atoms with E-state index in [-0.39, 0.29) is 29.9 Å². The van der Waals surface area contributed by atoms with Crippen LogP contribution in [0.15, 0.2) is 28.1 Å². The summed E-state index contributed by atoms with van der Waals surface area (Å²) in [5, 5.41) is 5.18. The molecule has 1 aliphatic carbocycles. The molecule has 8 nitrogen and oxygen atoms in total. The maximum Gasteiger partial charge on any atom is 0.326 e. The van der Waals surface area contributed by atoms with Crippen LogP contribution in [0.5, 0.6) is 0 Å². The molecule has 1 aromatic carbocycles. The van der Waals surface area contributed by atoms with Crippen molar-refractivity contribution < 1.29 is 22.7 Å². The van der Waals surface area contributed by atoms with Crippen LogP contribution in [0.1, 0.15) is 26.2 Å². The highest BCUT2D eigenvalue weighted by atomic mass is 32.2. The Morgan fingerprint density at radius 2 is 2.12 bits per heavy atom. The summed E-state index contributed by atoms with van der Waals surface area (Å²) in [4.78, 5) is 28.7. The number of sulfonamides is 1. The number of carbonyl (C=O) groups excluding carboxylic acids is 2. The largest absolute Gasteiger partial charge is 0.465 e. The Morgan fingerprint density at radius 3 is 2.69 bits per heavy atom. The molecule has 0 bridgehead atoms. The van der Waals surface area contributed by atoms with E-state index in [2.05, 4.69) is 4.99 Å². The number of amides is 1. The van der Waals surface area contributed by atoms with Crippen molar-refractivity contribution in [2.45, 2.75) is 37.6 Å².